The van der Waals surface area contributed by atoms with Crippen LogP contribution in [0.3, 0.4) is 0 Å². The van der Waals surface area contributed by atoms with Gasteiger partial charge in [-0.1, -0.05) is 35.9 Å². The average molecular weight is 294 g/mol. The van der Waals surface area contributed by atoms with Crippen molar-refractivity contribution in [1.82, 2.24) is 5.43 Å². The molecule has 3 N–H and O–H groups in total. The Morgan fingerprint density at radius 1 is 1.05 bits per heavy atom. The molecule has 2 aromatic carbocycles. The molecule has 0 fully saturated rings. The van der Waals surface area contributed by atoms with Gasteiger partial charge >= 0.3 is 6.18 Å². The third-order valence-corrected chi connectivity index (χ3v) is 3.46. The molecule has 1 atom stereocenters. The molecule has 0 bridgehead atoms. The Kier molecular flexibility index (Phi) is 4.34. The summed E-state index contributed by atoms with van der Waals surface area (Å²) in [5.74, 6) is 5.58. The van der Waals surface area contributed by atoms with Gasteiger partial charge in [0.2, 0.25) is 0 Å². The van der Waals surface area contributed by atoms with Gasteiger partial charge in [0, 0.05) is 0 Å². The number of halogens is 3. The Morgan fingerprint density at radius 3 is 2.38 bits per heavy atom. The number of rotatable bonds is 3. The molecule has 2 rings (SSSR count). The maximum Gasteiger partial charge on any atom is 0.416 e. The zero-order valence-corrected chi connectivity index (χ0v) is 11.8. The monoisotopic (exact) mass is 294 g/mol. The van der Waals surface area contributed by atoms with Gasteiger partial charge in [0.05, 0.1) is 11.6 Å². The van der Waals surface area contributed by atoms with Crippen LogP contribution in [0.5, 0.6) is 0 Å². The van der Waals surface area contributed by atoms with E-state index < -0.39 is 17.8 Å². The molecule has 0 aliphatic carbocycles. The van der Waals surface area contributed by atoms with Gasteiger partial charge in [0.15, 0.2) is 0 Å². The number of hydrogen-bond donors (Lipinski definition) is 2. The standard InChI is InChI=1S/C16H17F3N2/c1-10-6-7-11(2)14(8-10)15(21-20)12-4-3-5-13(9-12)16(17,18)19/h3-9,15,21H,20H2,1-2H3. The first-order valence-electron chi connectivity index (χ1n) is 6.53. The van der Waals surface area contributed by atoms with E-state index in [0.29, 0.717) is 5.56 Å². The maximum absolute atomic E-state index is 12.8. The second kappa shape index (κ2) is 5.87. The first kappa shape index (κ1) is 15.5. The molecule has 1 unspecified atom stereocenters. The van der Waals surface area contributed by atoms with Crippen LogP contribution in [0.15, 0.2) is 42.5 Å². The summed E-state index contributed by atoms with van der Waals surface area (Å²) in [5, 5.41) is 0. The smallest absolute Gasteiger partial charge is 0.271 e. The van der Waals surface area contributed by atoms with Gasteiger partial charge in [-0.05, 0) is 42.7 Å². The fraction of sp³-hybridized carbons (Fsp3) is 0.250. The highest BCUT2D eigenvalue weighted by Gasteiger charge is 2.31. The molecular weight excluding hydrogens is 277 g/mol. The Labute approximate surface area is 121 Å². The van der Waals surface area contributed by atoms with Crippen molar-refractivity contribution >= 4 is 0 Å². The lowest BCUT2D eigenvalue weighted by Crippen LogP contribution is -2.29. The van der Waals surface area contributed by atoms with Gasteiger partial charge in [-0.15, -0.1) is 0 Å². The van der Waals surface area contributed by atoms with E-state index in [2.05, 4.69) is 5.43 Å². The highest BCUT2D eigenvalue weighted by Crippen LogP contribution is 2.32. The molecule has 112 valence electrons. The number of benzene rings is 2. The fourth-order valence-corrected chi connectivity index (χ4v) is 2.33. The predicted molar refractivity (Wildman–Crippen MR) is 76.5 cm³/mol. The van der Waals surface area contributed by atoms with Crippen LogP contribution in [0.1, 0.15) is 33.9 Å². The number of hydrazine groups is 1. The van der Waals surface area contributed by atoms with Gasteiger partial charge < -0.3 is 0 Å². The van der Waals surface area contributed by atoms with E-state index in [0.717, 1.165) is 28.8 Å². The minimum atomic E-state index is -4.36. The summed E-state index contributed by atoms with van der Waals surface area (Å²) >= 11 is 0. The molecule has 0 heterocycles. The van der Waals surface area contributed by atoms with Crippen LogP contribution in [0.4, 0.5) is 13.2 Å². The van der Waals surface area contributed by atoms with Crippen molar-refractivity contribution in [1.29, 1.82) is 0 Å². The average Bonchev–Trinajstić information content (AvgIpc) is 2.43. The van der Waals surface area contributed by atoms with Crippen molar-refractivity contribution < 1.29 is 13.2 Å². The van der Waals surface area contributed by atoms with E-state index >= 15 is 0 Å². The molecule has 0 radical (unpaired) electrons. The zero-order chi connectivity index (χ0) is 15.6. The molecule has 5 heteroatoms. The lowest BCUT2D eigenvalue weighted by molar-refractivity contribution is -0.137. The van der Waals surface area contributed by atoms with Crippen LogP contribution < -0.4 is 11.3 Å². The molecule has 0 aromatic heterocycles. The van der Waals surface area contributed by atoms with Crippen molar-refractivity contribution in [2.24, 2.45) is 5.84 Å². The Hall–Kier alpha value is -1.85. The van der Waals surface area contributed by atoms with Crippen LogP contribution in [0, 0.1) is 13.8 Å². The SMILES string of the molecule is Cc1ccc(C)c(C(NN)c2cccc(C(F)(F)F)c2)c1. The quantitative estimate of drug-likeness (QED) is 0.666. The molecular formula is C16H17F3N2. The molecule has 2 nitrogen and oxygen atoms in total. The highest BCUT2D eigenvalue weighted by atomic mass is 19.4. The lowest BCUT2D eigenvalue weighted by atomic mass is 9.93. The highest BCUT2D eigenvalue weighted by molar-refractivity contribution is 5.40. The summed E-state index contributed by atoms with van der Waals surface area (Å²) in [6.07, 6.45) is -4.36. The van der Waals surface area contributed by atoms with Crippen molar-refractivity contribution in [3.05, 3.63) is 70.3 Å². The molecule has 0 saturated carbocycles. The van der Waals surface area contributed by atoms with Crippen molar-refractivity contribution in [2.45, 2.75) is 26.1 Å². The van der Waals surface area contributed by atoms with E-state index in [1.165, 1.54) is 6.07 Å². The van der Waals surface area contributed by atoms with E-state index in [1.807, 2.05) is 32.0 Å². The first-order chi connectivity index (χ1) is 9.82. The van der Waals surface area contributed by atoms with E-state index in [9.17, 15) is 13.2 Å². The zero-order valence-electron chi connectivity index (χ0n) is 11.8. The fourth-order valence-electron chi connectivity index (χ4n) is 2.33. The number of nitrogens with two attached hydrogens (primary N) is 1. The van der Waals surface area contributed by atoms with Gasteiger partial charge in [-0.3, -0.25) is 5.84 Å². The Balaban J connectivity index is 2.49. The van der Waals surface area contributed by atoms with Crippen molar-refractivity contribution in [2.75, 3.05) is 0 Å². The van der Waals surface area contributed by atoms with Gasteiger partial charge in [0.1, 0.15) is 0 Å². The molecule has 2 aromatic rings. The van der Waals surface area contributed by atoms with Gasteiger partial charge in [0.25, 0.3) is 0 Å². The molecule has 0 spiro atoms. The van der Waals surface area contributed by atoms with Crippen molar-refractivity contribution in [3.63, 3.8) is 0 Å². The topological polar surface area (TPSA) is 38.0 Å². The molecule has 0 saturated heterocycles. The predicted octanol–water partition coefficient (Wildman–Crippen LogP) is 3.87. The summed E-state index contributed by atoms with van der Waals surface area (Å²) in [6.45, 7) is 3.84. The molecule has 0 aliphatic heterocycles. The largest absolute Gasteiger partial charge is 0.416 e. The normalized spacial score (nSPS) is 13.2. The van der Waals surface area contributed by atoms with Gasteiger partial charge in [-0.25, -0.2) is 5.43 Å². The molecule has 0 amide bonds. The number of hydrogen-bond acceptors (Lipinski definition) is 2. The minimum absolute atomic E-state index is 0.479. The van der Waals surface area contributed by atoms with Crippen molar-refractivity contribution in [3.8, 4) is 0 Å². The number of nitrogens with one attached hydrogen (secondary N) is 1. The lowest BCUT2D eigenvalue weighted by Gasteiger charge is -2.21. The summed E-state index contributed by atoms with van der Waals surface area (Å²) in [4.78, 5) is 0. The van der Waals surface area contributed by atoms with E-state index in [4.69, 9.17) is 5.84 Å². The number of aryl methyl sites for hydroxylation is 2. The van der Waals surface area contributed by atoms with Gasteiger partial charge in [-0.2, -0.15) is 13.2 Å². The van der Waals surface area contributed by atoms with Crippen LogP contribution >= 0.6 is 0 Å². The van der Waals surface area contributed by atoms with E-state index in [1.54, 1.807) is 6.07 Å². The van der Waals surface area contributed by atoms with Crippen LogP contribution in [0.2, 0.25) is 0 Å². The summed E-state index contributed by atoms with van der Waals surface area (Å²) in [7, 11) is 0. The first-order valence-corrected chi connectivity index (χ1v) is 6.53. The summed E-state index contributed by atoms with van der Waals surface area (Å²) in [5.41, 5.74) is 5.30. The third-order valence-electron chi connectivity index (χ3n) is 3.46. The van der Waals surface area contributed by atoms with Crippen LogP contribution in [-0.2, 0) is 6.18 Å². The second-order valence-electron chi connectivity index (χ2n) is 5.08. The maximum atomic E-state index is 12.8. The minimum Gasteiger partial charge on any atom is -0.271 e. The van der Waals surface area contributed by atoms with Crippen LogP contribution in [0.25, 0.3) is 0 Å². The molecule has 0 aliphatic rings. The number of alkyl halides is 3. The summed E-state index contributed by atoms with van der Waals surface area (Å²) in [6, 6.07) is 10.6. The Bertz CT molecular complexity index is 636. The Morgan fingerprint density at radius 2 is 1.76 bits per heavy atom. The summed E-state index contributed by atoms with van der Waals surface area (Å²) < 4.78 is 38.5. The van der Waals surface area contributed by atoms with Crippen LogP contribution in [-0.4, -0.2) is 0 Å². The second-order valence-corrected chi connectivity index (χ2v) is 5.08. The third kappa shape index (κ3) is 3.43. The van der Waals surface area contributed by atoms with E-state index in [-0.39, 0.29) is 0 Å². The molecule has 21 heavy (non-hydrogen) atoms.